The molecule has 1 unspecified atom stereocenters. The predicted octanol–water partition coefficient (Wildman–Crippen LogP) is 0.591. The minimum atomic E-state index is -3.33. The van der Waals surface area contributed by atoms with Crippen LogP contribution in [0.3, 0.4) is 0 Å². The van der Waals surface area contributed by atoms with Crippen LogP contribution in [0, 0.1) is 0 Å². The molecule has 1 rings (SSSR count). The largest absolute Gasteiger partial charge is 0.395 e. The molecule has 0 bridgehead atoms. The molecule has 4 nitrogen and oxygen atoms in total. The summed E-state index contributed by atoms with van der Waals surface area (Å²) < 4.78 is 25.1. The van der Waals surface area contributed by atoms with Crippen molar-refractivity contribution < 1.29 is 13.5 Å². The zero-order valence-corrected chi connectivity index (χ0v) is 10.1. The number of sulfonamides is 1. The molecule has 1 atom stereocenters. The van der Waals surface area contributed by atoms with E-state index >= 15 is 0 Å². The number of hydrogen-bond donors (Lipinski definition) is 2. The highest BCUT2D eigenvalue weighted by Gasteiger charge is 2.14. The van der Waals surface area contributed by atoms with Gasteiger partial charge in [-0.05, 0) is 24.8 Å². The maximum atomic E-state index is 11.3. The number of aliphatic hydroxyl groups excluding tert-OH is 1. The summed E-state index contributed by atoms with van der Waals surface area (Å²) in [6.07, 6.45) is 0.683. The Balaban J connectivity index is 2.46. The van der Waals surface area contributed by atoms with Crippen LogP contribution in [0.15, 0.2) is 17.5 Å². The van der Waals surface area contributed by atoms with Gasteiger partial charge in [0.1, 0.15) is 0 Å². The quantitative estimate of drug-likeness (QED) is 0.775. The van der Waals surface area contributed by atoms with Gasteiger partial charge in [-0.15, -0.1) is 11.3 Å². The van der Waals surface area contributed by atoms with Crippen LogP contribution in [-0.4, -0.2) is 31.9 Å². The molecule has 15 heavy (non-hydrogen) atoms. The molecule has 86 valence electrons. The number of aliphatic hydroxyl groups is 1. The van der Waals surface area contributed by atoms with E-state index in [0.717, 1.165) is 4.88 Å². The van der Waals surface area contributed by atoms with E-state index in [0.29, 0.717) is 6.42 Å². The normalized spacial score (nSPS) is 14.0. The zero-order chi connectivity index (χ0) is 11.3. The van der Waals surface area contributed by atoms with E-state index in [9.17, 15) is 8.42 Å². The van der Waals surface area contributed by atoms with Crippen molar-refractivity contribution in [2.45, 2.75) is 19.4 Å². The van der Waals surface area contributed by atoms with Crippen LogP contribution in [0.5, 0.6) is 0 Å². The Morgan fingerprint density at radius 2 is 2.33 bits per heavy atom. The van der Waals surface area contributed by atoms with E-state index in [4.69, 9.17) is 5.11 Å². The molecule has 6 heteroatoms. The molecule has 1 heterocycles. The van der Waals surface area contributed by atoms with Crippen molar-refractivity contribution in [3.05, 3.63) is 22.4 Å². The van der Waals surface area contributed by atoms with Crippen LogP contribution in [0.4, 0.5) is 0 Å². The first kappa shape index (κ1) is 12.6. The second-order valence-corrected chi connectivity index (χ2v) is 6.25. The molecule has 1 aromatic rings. The van der Waals surface area contributed by atoms with Gasteiger partial charge in [0.25, 0.3) is 0 Å². The average Bonchev–Trinajstić information content (AvgIpc) is 2.54. The standard InChI is InChI=1S/C9H15NO3S2/c1-8(7-9-3-2-5-14-9)10-15(12,13)6-4-11/h2-3,5,8,10-11H,4,6-7H2,1H3. The molecule has 0 aliphatic rings. The van der Waals surface area contributed by atoms with Gasteiger partial charge >= 0.3 is 0 Å². The van der Waals surface area contributed by atoms with Gasteiger partial charge in [-0.3, -0.25) is 0 Å². The van der Waals surface area contributed by atoms with Gasteiger partial charge in [-0.2, -0.15) is 0 Å². The lowest BCUT2D eigenvalue weighted by atomic mass is 10.2. The third kappa shape index (κ3) is 4.74. The van der Waals surface area contributed by atoms with Crippen LogP contribution in [0.2, 0.25) is 0 Å². The van der Waals surface area contributed by atoms with Crippen LogP contribution in [-0.2, 0) is 16.4 Å². The Morgan fingerprint density at radius 1 is 1.60 bits per heavy atom. The number of thiophene rings is 1. The van der Waals surface area contributed by atoms with E-state index in [1.807, 2.05) is 24.4 Å². The molecule has 1 aromatic heterocycles. The van der Waals surface area contributed by atoms with Gasteiger partial charge in [0, 0.05) is 10.9 Å². The summed E-state index contributed by atoms with van der Waals surface area (Å²) >= 11 is 1.61. The summed E-state index contributed by atoms with van der Waals surface area (Å²) in [5, 5.41) is 10.5. The highest BCUT2D eigenvalue weighted by atomic mass is 32.2. The van der Waals surface area contributed by atoms with E-state index < -0.39 is 10.0 Å². The van der Waals surface area contributed by atoms with E-state index in [1.165, 1.54) is 0 Å². The monoisotopic (exact) mass is 249 g/mol. The van der Waals surface area contributed by atoms with E-state index in [1.54, 1.807) is 11.3 Å². The molecule has 0 fully saturated rings. The van der Waals surface area contributed by atoms with Crippen LogP contribution in [0.1, 0.15) is 11.8 Å². The SMILES string of the molecule is CC(Cc1cccs1)NS(=O)(=O)CCO. The van der Waals surface area contributed by atoms with Crippen LogP contribution in [0.25, 0.3) is 0 Å². The minimum absolute atomic E-state index is 0.139. The third-order valence-corrected chi connectivity index (χ3v) is 4.21. The molecule has 2 N–H and O–H groups in total. The topological polar surface area (TPSA) is 66.4 Å². The average molecular weight is 249 g/mol. The Kier molecular flexibility index (Phi) is 4.72. The predicted molar refractivity (Wildman–Crippen MR) is 61.5 cm³/mol. The summed E-state index contributed by atoms with van der Waals surface area (Å²) in [7, 11) is -3.33. The fourth-order valence-corrected chi connectivity index (χ4v) is 3.15. The number of rotatable bonds is 6. The second kappa shape index (κ2) is 5.60. The van der Waals surface area contributed by atoms with Gasteiger partial charge < -0.3 is 5.11 Å². The smallest absolute Gasteiger partial charge is 0.214 e. The van der Waals surface area contributed by atoms with Gasteiger partial charge in [0.05, 0.1) is 12.4 Å². The molecule has 0 radical (unpaired) electrons. The Labute approximate surface area is 94.0 Å². The summed E-state index contributed by atoms with van der Waals surface area (Å²) in [6, 6.07) is 3.77. The fraction of sp³-hybridized carbons (Fsp3) is 0.556. The van der Waals surface area contributed by atoms with E-state index in [2.05, 4.69) is 4.72 Å². The lowest BCUT2D eigenvalue weighted by Gasteiger charge is -2.12. The molecular weight excluding hydrogens is 234 g/mol. The number of hydrogen-bond acceptors (Lipinski definition) is 4. The highest BCUT2D eigenvalue weighted by Crippen LogP contribution is 2.11. The molecule has 0 saturated carbocycles. The first-order chi connectivity index (χ1) is 7.03. The summed E-state index contributed by atoms with van der Waals surface area (Å²) in [5.74, 6) is -0.234. The molecule has 0 aromatic carbocycles. The lowest BCUT2D eigenvalue weighted by Crippen LogP contribution is -2.36. The van der Waals surface area contributed by atoms with Crippen molar-refractivity contribution in [3.8, 4) is 0 Å². The first-order valence-electron chi connectivity index (χ1n) is 4.67. The Bertz CT molecular complexity index is 372. The Hall–Kier alpha value is -0.430. The highest BCUT2D eigenvalue weighted by molar-refractivity contribution is 7.89. The fourth-order valence-electron chi connectivity index (χ4n) is 1.26. The van der Waals surface area contributed by atoms with Crippen molar-refractivity contribution in [3.63, 3.8) is 0 Å². The van der Waals surface area contributed by atoms with E-state index in [-0.39, 0.29) is 18.4 Å². The van der Waals surface area contributed by atoms with Gasteiger partial charge in [-0.1, -0.05) is 6.07 Å². The van der Waals surface area contributed by atoms with Crippen molar-refractivity contribution in [1.29, 1.82) is 0 Å². The molecule has 0 aliphatic carbocycles. The zero-order valence-electron chi connectivity index (χ0n) is 8.51. The molecule has 0 amide bonds. The van der Waals surface area contributed by atoms with Crippen molar-refractivity contribution in [2.24, 2.45) is 0 Å². The molecule has 0 saturated heterocycles. The van der Waals surface area contributed by atoms with Gasteiger partial charge in [-0.25, -0.2) is 13.1 Å². The number of nitrogens with one attached hydrogen (secondary N) is 1. The van der Waals surface area contributed by atoms with Crippen LogP contribution < -0.4 is 4.72 Å². The molecular formula is C9H15NO3S2. The summed E-state index contributed by atoms with van der Waals surface area (Å²) in [4.78, 5) is 1.15. The maximum Gasteiger partial charge on any atom is 0.214 e. The van der Waals surface area contributed by atoms with Crippen molar-refractivity contribution in [1.82, 2.24) is 4.72 Å². The lowest BCUT2D eigenvalue weighted by molar-refractivity contribution is 0.319. The van der Waals surface area contributed by atoms with Gasteiger partial charge in [0.2, 0.25) is 10.0 Å². The maximum absolute atomic E-state index is 11.3. The summed E-state index contributed by atoms with van der Waals surface area (Å²) in [6.45, 7) is 1.47. The van der Waals surface area contributed by atoms with Crippen molar-refractivity contribution >= 4 is 21.4 Å². The third-order valence-electron chi connectivity index (χ3n) is 1.83. The summed E-state index contributed by atoms with van der Waals surface area (Å²) in [5.41, 5.74) is 0. The minimum Gasteiger partial charge on any atom is -0.395 e. The van der Waals surface area contributed by atoms with Crippen LogP contribution >= 0.6 is 11.3 Å². The molecule has 0 spiro atoms. The van der Waals surface area contributed by atoms with Crippen molar-refractivity contribution in [2.75, 3.05) is 12.4 Å². The Morgan fingerprint density at radius 3 is 2.87 bits per heavy atom. The molecule has 0 aliphatic heterocycles. The second-order valence-electron chi connectivity index (χ2n) is 3.34. The van der Waals surface area contributed by atoms with Gasteiger partial charge in [0.15, 0.2) is 0 Å². The first-order valence-corrected chi connectivity index (χ1v) is 7.20.